The third-order valence-corrected chi connectivity index (χ3v) is 6.13. The molecule has 0 spiro atoms. The molecule has 7 heteroatoms. The van der Waals surface area contributed by atoms with Crippen LogP contribution >= 0.6 is 0 Å². The van der Waals surface area contributed by atoms with Gasteiger partial charge in [-0.25, -0.2) is 4.79 Å². The van der Waals surface area contributed by atoms with Gasteiger partial charge in [0.2, 0.25) is 0 Å². The second-order valence-corrected chi connectivity index (χ2v) is 8.62. The molecule has 0 aliphatic heterocycles. The van der Waals surface area contributed by atoms with Gasteiger partial charge in [0.15, 0.2) is 6.29 Å². The first kappa shape index (κ1) is 24.2. The molecule has 37 heavy (non-hydrogen) atoms. The summed E-state index contributed by atoms with van der Waals surface area (Å²) in [7, 11) is 0. The molecule has 4 aromatic carbocycles. The highest BCUT2D eigenvalue weighted by atomic mass is 16.6. The Labute approximate surface area is 214 Å². The molecule has 1 unspecified atom stereocenters. The molecule has 0 bridgehead atoms. The van der Waals surface area contributed by atoms with Crippen LogP contribution in [0.15, 0.2) is 103 Å². The number of hydrogen-bond donors (Lipinski definition) is 3. The van der Waals surface area contributed by atoms with Crippen LogP contribution in [0.2, 0.25) is 0 Å². The summed E-state index contributed by atoms with van der Waals surface area (Å²) < 4.78 is 10.9. The van der Waals surface area contributed by atoms with E-state index >= 15 is 0 Å². The fourth-order valence-electron chi connectivity index (χ4n) is 4.34. The monoisotopic (exact) mass is 494 g/mol. The summed E-state index contributed by atoms with van der Waals surface area (Å²) in [6.07, 6.45) is -1.10. The molecule has 1 atom stereocenters. The Morgan fingerprint density at radius 1 is 0.784 bits per heavy atom. The quantitative estimate of drug-likeness (QED) is 0.306. The van der Waals surface area contributed by atoms with Crippen LogP contribution in [0.3, 0.4) is 0 Å². The first-order valence-corrected chi connectivity index (χ1v) is 11.9. The van der Waals surface area contributed by atoms with Crippen molar-refractivity contribution in [3.63, 3.8) is 0 Å². The van der Waals surface area contributed by atoms with Crippen LogP contribution in [-0.2, 0) is 11.3 Å². The minimum atomic E-state index is -1.10. The molecule has 0 radical (unpaired) electrons. The fraction of sp³-hybridized carbons (Fsp3) is 0.133. The van der Waals surface area contributed by atoms with Crippen molar-refractivity contribution < 1.29 is 24.2 Å². The molecule has 1 aliphatic rings. The van der Waals surface area contributed by atoms with Crippen LogP contribution in [0.5, 0.6) is 5.75 Å². The summed E-state index contributed by atoms with van der Waals surface area (Å²) in [4.78, 5) is 25.3. The van der Waals surface area contributed by atoms with Crippen LogP contribution in [0.25, 0.3) is 11.1 Å². The molecule has 3 amide bonds. The summed E-state index contributed by atoms with van der Waals surface area (Å²) in [5.41, 5.74) is 5.37. The highest BCUT2D eigenvalue weighted by molar-refractivity contribution is 6.04. The number of benzene rings is 4. The van der Waals surface area contributed by atoms with E-state index in [9.17, 15) is 14.7 Å². The van der Waals surface area contributed by atoms with Gasteiger partial charge in [0, 0.05) is 5.56 Å². The Kier molecular flexibility index (Phi) is 7.26. The maximum absolute atomic E-state index is 12.7. The maximum atomic E-state index is 12.7. The van der Waals surface area contributed by atoms with E-state index < -0.39 is 18.2 Å². The van der Waals surface area contributed by atoms with Gasteiger partial charge in [-0.05, 0) is 52.1 Å². The lowest BCUT2D eigenvalue weighted by atomic mass is 10.1. The van der Waals surface area contributed by atoms with Gasteiger partial charge in [-0.15, -0.1) is 0 Å². The van der Waals surface area contributed by atoms with Gasteiger partial charge in [-0.1, -0.05) is 78.9 Å². The lowest BCUT2D eigenvalue weighted by molar-refractivity contribution is -0.127. The molecule has 0 heterocycles. The van der Waals surface area contributed by atoms with Gasteiger partial charge in [-0.2, -0.15) is 0 Å². The molecule has 7 nitrogen and oxygen atoms in total. The van der Waals surface area contributed by atoms with Gasteiger partial charge < -0.3 is 19.9 Å². The van der Waals surface area contributed by atoms with Crippen LogP contribution in [-0.4, -0.2) is 29.9 Å². The van der Waals surface area contributed by atoms with Crippen LogP contribution < -0.4 is 15.4 Å². The molecule has 3 N–H and O–H groups in total. The van der Waals surface area contributed by atoms with Crippen molar-refractivity contribution in [1.29, 1.82) is 0 Å². The number of amides is 3. The molecule has 0 aromatic heterocycles. The number of imide groups is 1. The molecule has 5 rings (SSSR count). The third kappa shape index (κ3) is 5.69. The summed E-state index contributed by atoms with van der Waals surface area (Å²) in [5.74, 6) is -0.0719. The van der Waals surface area contributed by atoms with Crippen molar-refractivity contribution >= 4 is 11.9 Å². The van der Waals surface area contributed by atoms with E-state index in [1.165, 1.54) is 0 Å². The minimum absolute atomic E-state index is 0.0644. The summed E-state index contributed by atoms with van der Waals surface area (Å²) in [6, 6.07) is 30.7. The minimum Gasteiger partial charge on any atom is -0.488 e. The number of rotatable bonds is 8. The van der Waals surface area contributed by atoms with Gasteiger partial charge in [-0.3, -0.25) is 10.1 Å². The Bertz CT molecular complexity index is 1340. The lowest BCUT2D eigenvalue weighted by Gasteiger charge is -2.16. The average Bonchev–Trinajstić information content (AvgIpc) is 3.25. The average molecular weight is 495 g/mol. The number of carbonyl (C=O) groups is 2. The standard InChI is InChI=1S/C30H26N2O5/c33-27(37-18-20-8-2-1-3-9-20)19-36-22-16-14-21(15-17-22)29(34)32-30(35)31-28-25-12-6-4-10-23(25)24-11-5-7-13-26(24)28/h1-17,27-28,33H,18-19H2,(H2,31,32,34,35). The van der Waals surface area contributed by atoms with Crippen molar-refractivity contribution in [1.82, 2.24) is 10.6 Å². The number of ether oxygens (including phenoxy) is 2. The molecule has 0 saturated heterocycles. The summed E-state index contributed by atoms with van der Waals surface area (Å²) >= 11 is 0. The highest BCUT2D eigenvalue weighted by Crippen LogP contribution is 2.42. The van der Waals surface area contributed by atoms with Crippen LogP contribution in [0.4, 0.5) is 4.79 Å². The summed E-state index contributed by atoms with van der Waals surface area (Å²) in [6.45, 7) is 0.204. The molecule has 1 aliphatic carbocycles. The zero-order valence-electron chi connectivity index (χ0n) is 20.0. The predicted molar refractivity (Wildman–Crippen MR) is 139 cm³/mol. The number of aliphatic hydroxyl groups is 1. The third-order valence-electron chi connectivity index (χ3n) is 6.13. The van der Waals surface area contributed by atoms with E-state index in [1.54, 1.807) is 24.3 Å². The molecular formula is C30H26N2O5. The lowest BCUT2D eigenvalue weighted by Crippen LogP contribution is -2.41. The van der Waals surface area contributed by atoms with Crippen molar-refractivity contribution in [2.24, 2.45) is 0 Å². The molecule has 4 aromatic rings. The van der Waals surface area contributed by atoms with Gasteiger partial charge >= 0.3 is 6.03 Å². The topological polar surface area (TPSA) is 96.9 Å². The van der Waals surface area contributed by atoms with Crippen molar-refractivity contribution in [2.75, 3.05) is 6.61 Å². The van der Waals surface area contributed by atoms with Crippen molar-refractivity contribution in [2.45, 2.75) is 18.9 Å². The highest BCUT2D eigenvalue weighted by Gasteiger charge is 2.29. The molecule has 186 valence electrons. The first-order valence-electron chi connectivity index (χ1n) is 11.9. The van der Waals surface area contributed by atoms with E-state index in [4.69, 9.17) is 9.47 Å². The summed E-state index contributed by atoms with van der Waals surface area (Å²) in [5, 5.41) is 15.3. The zero-order chi connectivity index (χ0) is 25.6. The normalized spacial score (nSPS) is 12.8. The number of hydrogen-bond acceptors (Lipinski definition) is 5. The van der Waals surface area contributed by atoms with Gasteiger partial charge in [0.25, 0.3) is 5.91 Å². The van der Waals surface area contributed by atoms with E-state index in [1.807, 2.05) is 78.9 Å². The Morgan fingerprint density at radius 2 is 1.38 bits per heavy atom. The number of urea groups is 1. The zero-order valence-corrected chi connectivity index (χ0v) is 20.0. The smallest absolute Gasteiger partial charge is 0.322 e. The fourth-order valence-corrected chi connectivity index (χ4v) is 4.34. The largest absolute Gasteiger partial charge is 0.488 e. The van der Waals surface area contributed by atoms with Gasteiger partial charge in [0.1, 0.15) is 12.4 Å². The Hall–Kier alpha value is -4.46. The van der Waals surface area contributed by atoms with Gasteiger partial charge in [0.05, 0.1) is 12.6 Å². The SMILES string of the molecule is O=C(NC(=O)c1ccc(OCC(O)OCc2ccccc2)cc1)NC1c2ccccc2-c2ccccc21. The van der Waals surface area contributed by atoms with E-state index in [-0.39, 0.29) is 19.3 Å². The van der Waals surface area contributed by atoms with Crippen molar-refractivity contribution in [3.05, 3.63) is 125 Å². The Balaban J connectivity index is 1.13. The van der Waals surface area contributed by atoms with Crippen LogP contribution in [0.1, 0.15) is 33.1 Å². The van der Waals surface area contributed by atoms with E-state index in [0.29, 0.717) is 11.3 Å². The number of carbonyl (C=O) groups excluding carboxylic acids is 2. The number of aliphatic hydroxyl groups excluding tert-OH is 1. The maximum Gasteiger partial charge on any atom is 0.322 e. The molecule has 0 saturated carbocycles. The predicted octanol–water partition coefficient (Wildman–Crippen LogP) is 4.81. The second kappa shape index (κ2) is 11.1. The van der Waals surface area contributed by atoms with Crippen molar-refractivity contribution in [3.8, 4) is 16.9 Å². The van der Waals surface area contributed by atoms with E-state index in [2.05, 4.69) is 10.6 Å². The molecular weight excluding hydrogens is 468 g/mol. The first-order chi connectivity index (χ1) is 18.1. The van der Waals surface area contributed by atoms with E-state index in [0.717, 1.165) is 27.8 Å². The second-order valence-electron chi connectivity index (χ2n) is 8.62. The molecule has 0 fully saturated rings. The van der Waals surface area contributed by atoms with Crippen LogP contribution in [0, 0.1) is 0 Å². The number of nitrogens with one attached hydrogen (secondary N) is 2. The number of fused-ring (bicyclic) bond motifs is 3. The Morgan fingerprint density at radius 3 is 2.03 bits per heavy atom.